The van der Waals surface area contributed by atoms with Crippen LogP contribution in [0.15, 0.2) is 231 Å². The summed E-state index contributed by atoms with van der Waals surface area (Å²) in [6.07, 6.45) is 0. The molecule has 0 fully saturated rings. The van der Waals surface area contributed by atoms with Crippen LogP contribution in [0.2, 0.25) is 0 Å². The summed E-state index contributed by atoms with van der Waals surface area (Å²) in [5.41, 5.74) is 19.4. The highest BCUT2D eigenvalue weighted by Gasteiger charge is 2.37. The third kappa shape index (κ3) is 5.79. The van der Waals surface area contributed by atoms with Gasteiger partial charge in [-0.2, -0.15) is 0 Å². The molecule has 11 aromatic rings. The van der Waals surface area contributed by atoms with Crippen molar-refractivity contribution in [3.05, 3.63) is 242 Å². The monoisotopic (exact) mass is 804 g/mol. The Balaban J connectivity index is 1.11. The maximum Gasteiger partial charge on any atom is 0.0562 e. The van der Waals surface area contributed by atoms with Crippen molar-refractivity contribution in [1.29, 1.82) is 0 Å². The Morgan fingerprint density at radius 1 is 0.365 bits per heavy atom. The van der Waals surface area contributed by atoms with Crippen molar-refractivity contribution < 1.29 is 0 Å². The molecule has 0 saturated heterocycles. The summed E-state index contributed by atoms with van der Waals surface area (Å²) in [5, 5.41) is 4.92. The zero-order valence-corrected chi connectivity index (χ0v) is 35.3. The molecule has 298 valence electrons. The first-order valence-electron chi connectivity index (χ1n) is 21.9. The molecule has 1 aliphatic carbocycles. The Labute approximate surface area is 368 Å². The molecule has 0 amide bonds. The van der Waals surface area contributed by atoms with Gasteiger partial charge in [0, 0.05) is 33.1 Å². The minimum atomic E-state index is -0.112. The first kappa shape index (κ1) is 36.9. The van der Waals surface area contributed by atoms with Gasteiger partial charge in [-0.25, -0.2) is 0 Å². The van der Waals surface area contributed by atoms with E-state index in [0.29, 0.717) is 0 Å². The highest BCUT2D eigenvalue weighted by atomic mass is 15.2. The van der Waals surface area contributed by atoms with Crippen molar-refractivity contribution in [3.8, 4) is 50.2 Å². The van der Waals surface area contributed by atoms with Gasteiger partial charge in [0.05, 0.1) is 22.4 Å². The number of para-hydroxylation sites is 3. The summed E-state index contributed by atoms with van der Waals surface area (Å²) in [7, 11) is 0. The van der Waals surface area contributed by atoms with Crippen molar-refractivity contribution in [3.63, 3.8) is 0 Å². The molecule has 0 aliphatic heterocycles. The first-order chi connectivity index (χ1) is 31.1. The fraction of sp³-hybridized carbons (Fsp3) is 0.0492. The number of hydrogen-bond donors (Lipinski definition) is 0. The molecule has 0 atom stereocenters. The third-order valence-corrected chi connectivity index (χ3v) is 13.4. The van der Waals surface area contributed by atoms with Crippen LogP contribution in [0.1, 0.15) is 25.0 Å². The number of rotatable bonds is 7. The maximum atomic E-state index is 2.51. The SMILES string of the molecule is CC1(C)c2ccccc2-c2c(-c3ccccc3N(c3ccc(-c4cccc5cccc(-c6ccccc6)c45)cc3)c3cccc4c3c3ccccc3n4-c3ccccc3)cccc21. The summed E-state index contributed by atoms with van der Waals surface area (Å²) in [6.45, 7) is 4.73. The van der Waals surface area contributed by atoms with Gasteiger partial charge in [0.2, 0.25) is 0 Å². The number of anilines is 3. The van der Waals surface area contributed by atoms with Crippen LogP contribution in [-0.4, -0.2) is 4.57 Å². The second-order valence-corrected chi connectivity index (χ2v) is 17.2. The fourth-order valence-corrected chi connectivity index (χ4v) is 10.6. The van der Waals surface area contributed by atoms with Crippen molar-refractivity contribution >= 4 is 49.6 Å². The van der Waals surface area contributed by atoms with Crippen LogP contribution in [-0.2, 0) is 5.41 Å². The van der Waals surface area contributed by atoms with E-state index in [-0.39, 0.29) is 5.41 Å². The molecule has 2 nitrogen and oxygen atoms in total. The van der Waals surface area contributed by atoms with Crippen molar-refractivity contribution in [2.24, 2.45) is 0 Å². The summed E-state index contributed by atoms with van der Waals surface area (Å²) in [5.74, 6) is 0. The molecular formula is C61H44N2. The van der Waals surface area contributed by atoms with E-state index in [4.69, 9.17) is 0 Å². The van der Waals surface area contributed by atoms with Crippen LogP contribution < -0.4 is 4.90 Å². The number of hydrogen-bond acceptors (Lipinski definition) is 1. The molecule has 0 radical (unpaired) electrons. The van der Waals surface area contributed by atoms with Crippen LogP contribution in [0.3, 0.4) is 0 Å². The lowest BCUT2D eigenvalue weighted by Crippen LogP contribution is -2.15. The van der Waals surface area contributed by atoms with Gasteiger partial charge in [0.15, 0.2) is 0 Å². The zero-order chi connectivity index (χ0) is 42.1. The Kier molecular flexibility index (Phi) is 8.55. The summed E-state index contributed by atoms with van der Waals surface area (Å²) < 4.78 is 2.41. The molecule has 1 aliphatic rings. The van der Waals surface area contributed by atoms with E-state index in [1.807, 2.05) is 0 Å². The van der Waals surface area contributed by atoms with Gasteiger partial charge in [-0.05, 0) is 109 Å². The Morgan fingerprint density at radius 2 is 0.905 bits per heavy atom. The topological polar surface area (TPSA) is 8.17 Å². The van der Waals surface area contributed by atoms with Gasteiger partial charge < -0.3 is 9.47 Å². The van der Waals surface area contributed by atoms with Crippen LogP contribution in [0.4, 0.5) is 17.1 Å². The predicted octanol–water partition coefficient (Wildman–Crippen LogP) is 16.7. The van der Waals surface area contributed by atoms with E-state index in [2.05, 4.69) is 254 Å². The lowest BCUT2D eigenvalue weighted by molar-refractivity contribution is 0.660. The molecule has 12 rings (SSSR count). The molecule has 2 heteroatoms. The molecular weight excluding hydrogens is 761 g/mol. The van der Waals surface area contributed by atoms with E-state index < -0.39 is 0 Å². The Bertz CT molecular complexity index is 3520. The van der Waals surface area contributed by atoms with Gasteiger partial charge in [-0.3, -0.25) is 0 Å². The molecule has 0 unspecified atom stereocenters. The van der Waals surface area contributed by atoms with Crippen LogP contribution in [0, 0.1) is 0 Å². The lowest BCUT2D eigenvalue weighted by atomic mass is 9.82. The molecule has 63 heavy (non-hydrogen) atoms. The second-order valence-electron chi connectivity index (χ2n) is 17.2. The van der Waals surface area contributed by atoms with E-state index >= 15 is 0 Å². The van der Waals surface area contributed by atoms with Gasteiger partial charge in [-0.15, -0.1) is 0 Å². The van der Waals surface area contributed by atoms with Crippen LogP contribution in [0.5, 0.6) is 0 Å². The van der Waals surface area contributed by atoms with Crippen molar-refractivity contribution in [2.45, 2.75) is 19.3 Å². The smallest absolute Gasteiger partial charge is 0.0562 e. The van der Waals surface area contributed by atoms with E-state index in [0.717, 1.165) is 22.7 Å². The molecule has 0 bridgehead atoms. The average Bonchev–Trinajstić information content (AvgIpc) is 3.81. The van der Waals surface area contributed by atoms with Gasteiger partial charge >= 0.3 is 0 Å². The molecule has 0 spiro atoms. The number of aromatic nitrogens is 1. The Hall–Kier alpha value is -7.94. The van der Waals surface area contributed by atoms with Crippen molar-refractivity contribution in [2.75, 3.05) is 4.90 Å². The van der Waals surface area contributed by atoms with Gasteiger partial charge in [0.1, 0.15) is 0 Å². The minimum absolute atomic E-state index is 0.112. The van der Waals surface area contributed by atoms with Crippen LogP contribution >= 0.6 is 0 Å². The normalized spacial score (nSPS) is 12.7. The number of fused-ring (bicyclic) bond motifs is 7. The van der Waals surface area contributed by atoms with Crippen LogP contribution in [0.25, 0.3) is 82.8 Å². The Morgan fingerprint density at radius 3 is 1.68 bits per heavy atom. The van der Waals surface area contributed by atoms with E-state index in [1.54, 1.807) is 0 Å². The van der Waals surface area contributed by atoms with E-state index in [9.17, 15) is 0 Å². The molecule has 0 saturated carbocycles. The van der Waals surface area contributed by atoms with Gasteiger partial charge in [0.25, 0.3) is 0 Å². The number of nitrogens with zero attached hydrogens (tertiary/aromatic N) is 2. The average molecular weight is 805 g/mol. The molecule has 10 aromatic carbocycles. The zero-order valence-electron chi connectivity index (χ0n) is 35.3. The lowest BCUT2D eigenvalue weighted by Gasteiger charge is -2.29. The van der Waals surface area contributed by atoms with Gasteiger partial charge in [-0.1, -0.05) is 196 Å². The highest BCUT2D eigenvalue weighted by molar-refractivity contribution is 6.17. The molecule has 1 heterocycles. The van der Waals surface area contributed by atoms with E-state index in [1.165, 1.54) is 88.2 Å². The summed E-state index contributed by atoms with van der Waals surface area (Å²) in [4.78, 5) is 2.51. The second kappa shape index (κ2) is 14.6. The standard InChI is InChI=1S/C61H44N2/c1-61(2)52-31-12-9-26-50(52)59-49(30-17-32-53(59)61)48-25-10-13-33-54(48)63(57-36-18-35-56-60(57)51-27-11-14-34-55(51)62(56)44-23-7-4-8-24-44)45-39-37-42(38-40-45)47-29-16-22-43-21-15-28-46(58(43)47)41-19-5-3-6-20-41/h3-40H,1-2H3. The quantitative estimate of drug-likeness (QED) is 0.156. The summed E-state index contributed by atoms with van der Waals surface area (Å²) in [6, 6.07) is 84.6. The third-order valence-electron chi connectivity index (χ3n) is 13.4. The minimum Gasteiger partial charge on any atom is -0.309 e. The predicted molar refractivity (Wildman–Crippen MR) is 267 cm³/mol. The first-order valence-corrected chi connectivity index (χ1v) is 21.9. The van der Waals surface area contributed by atoms with Crippen molar-refractivity contribution in [1.82, 2.24) is 4.57 Å². The molecule has 1 aromatic heterocycles. The number of benzene rings is 10. The maximum absolute atomic E-state index is 2.51. The summed E-state index contributed by atoms with van der Waals surface area (Å²) >= 11 is 0. The largest absolute Gasteiger partial charge is 0.309 e. The fourth-order valence-electron chi connectivity index (χ4n) is 10.6. The molecule has 0 N–H and O–H groups in total. The highest BCUT2D eigenvalue weighted by Crippen LogP contribution is 2.54.